The predicted octanol–water partition coefficient (Wildman–Crippen LogP) is 4.19. The normalized spacial score (nSPS) is 25.5. The minimum Gasteiger partial charge on any atom is -0.480 e. The first-order valence-corrected chi connectivity index (χ1v) is 14.2. The average molecular weight is 576 g/mol. The molecule has 42 heavy (non-hydrogen) atoms. The van der Waals surface area contributed by atoms with Gasteiger partial charge in [-0.25, -0.2) is 4.79 Å². The van der Waals surface area contributed by atoms with Gasteiger partial charge in [-0.1, -0.05) is 91.0 Å². The molecule has 2 aliphatic rings. The van der Waals surface area contributed by atoms with Gasteiger partial charge in [0.1, 0.15) is 24.4 Å². The molecule has 0 radical (unpaired) electrons. The molecule has 222 valence electrons. The van der Waals surface area contributed by atoms with Crippen molar-refractivity contribution in [1.82, 2.24) is 4.90 Å². The van der Waals surface area contributed by atoms with Crippen LogP contribution in [0.4, 0.5) is 0 Å². The number of benzene rings is 3. The van der Waals surface area contributed by atoms with Crippen molar-refractivity contribution in [2.75, 3.05) is 13.2 Å². The van der Waals surface area contributed by atoms with Crippen LogP contribution in [0.1, 0.15) is 30.0 Å². The Morgan fingerprint density at radius 2 is 1.33 bits per heavy atom. The van der Waals surface area contributed by atoms with Crippen molar-refractivity contribution < 1.29 is 38.4 Å². The molecule has 1 amide bonds. The Morgan fingerprint density at radius 3 is 1.83 bits per heavy atom. The van der Waals surface area contributed by atoms with E-state index < -0.39 is 42.7 Å². The number of amides is 1. The number of hydrogen-bond donors (Lipinski definition) is 1. The quantitative estimate of drug-likeness (QED) is 0.324. The van der Waals surface area contributed by atoms with E-state index in [9.17, 15) is 14.7 Å². The molecule has 0 aliphatic carbocycles. The molecule has 0 aromatic heterocycles. The van der Waals surface area contributed by atoms with Crippen molar-refractivity contribution in [3.8, 4) is 0 Å². The standard InChI is InChI=1S/C33H37NO8/c1-23(35)34-18-27(17-28(34)32(36)37)41-33-31(40-21-26-15-9-4-10-16-26)30(39-20-25-13-7-3-8-14-25)29(42-33)22-38-19-24-11-5-2-6-12-24/h2-16,27-31,33H,17-22H2,1H3,(H,36,37)/t27-,28+,29+,30+,31-,33+/m1/s1. The Kier molecular flexibility index (Phi) is 10.3. The molecule has 3 aromatic rings. The first-order chi connectivity index (χ1) is 20.5. The summed E-state index contributed by atoms with van der Waals surface area (Å²) in [6.45, 7) is 2.81. The summed E-state index contributed by atoms with van der Waals surface area (Å²) in [7, 11) is 0. The molecule has 0 saturated carbocycles. The highest BCUT2D eigenvalue weighted by Crippen LogP contribution is 2.33. The van der Waals surface area contributed by atoms with Gasteiger partial charge in [-0.05, 0) is 16.7 Å². The number of carbonyl (C=O) groups is 2. The smallest absolute Gasteiger partial charge is 0.326 e. The number of carboxylic acids is 1. The van der Waals surface area contributed by atoms with Crippen molar-refractivity contribution in [2.24, 2.45) is 0 Å². The molecule has 0 bridgehead atoms. The summed E-state index contributed by atoms with van der Waals surface area (Å²) in [5, 5.41) is 9.68. The van der Waals surface area contributed by atoms with Gasteiger partial charge in [0.25, 0.3) is 0 Å². The topological polar surface area (TPSA) is 104 Å². The average Bonchev–Trinajstić information content (AvgIpc) is 3.58. The minimum atomic E-state index is -1.06. The zero-order chi connectivity index (χ0) is 29.3. The van der Waals surface area contributed by atoms with E-state index in [0.29, 0.717) is 19.8 Å². The number of hydrogen-bond acceptors (Lipinski definition) is 7. The first-order valence-electron chi connectivity index (χ1n) is 14.2. The van der Waals surface area contributed by atoms with Gasteiger partial charge in [-0.3, -0.25) is 4.79 Å². The summed E-state index contributed by atoms with van der Waals surface area (Å²) in [6.07, 6.45) is -2.91. The maximum atomic E-state index is 12.1. The molecule has 3 aromatic carbocycles. The summed E-state index contributed by atoms with van der Waals surface area (Å²) >= 11 is 0. The second kappa shape index (κ2) is 14.5. The Balaban J connectivity index is 1.34. The number of rotatable bonds is 13. The number of likely N-dealkylation sites (tertiary alicyclic amines) is 1. The molecule has 2 heterocycles. The third-order valence-electron chi connectivity index (χ3n) is 7.51. The van der Waals surface area contributed by atoms with Gasteiger partial charge in [0.05, 0.1) is 32.5 Å². The Labute approximate surface area is 245 Å². The second-order valence-corrected chi connectivity index (χ2v) is 10.6. The van der Waals surface area contributed by atoms with Crippen LogP contribution in [0.25, 0.3) is 0 Å². The highest BCUT2D eigenvalue weighted by Gasteiger charge is 2.50. The highest BCUT2D eigenvalue weighted by atomic mass is 16.7. The van der Waals surface area contributed by atoms with E-state index in [-0.39, 0.29) is 25.5 Å². The third kappa shape index (κ3) is 7.81. The number of ether oxygens (including phenoxy) is 5. The van der Waals surface area contributed by atoms with E-state index >= 15 is 0 Å². The first kappa shape index (κ1) is 29.9. The lowest BCUT2D eigenvalue weighted by molar-refractivity contribution is -0.204. The van der Waals surface area contributed by atoms with Crippen LogP contribution >= 0.6 is 0 Å². The minimum absolute atomic E-state index is 0.155. The SMILES string of the molecule is CC(=O)N1C[C@H](O[C@H]2O[C@@H](COCc3ccccc3)[C@H](OCc3ccccc3)[C@H]2OCc2ccccc2)C[C@H]1C(=O)O. The summed E-state index contributed by atoms with van der Waals surface area (Å²) in [4.78, 5) is 25.3. The summed E-state index contributed by atoms with van der Waals surface area (Å²) in [5.74, 6) is -1.37. The lowest BCUT2D eigenvalue weighted by Gasteiger charge is -2.26. The van der Waals surface area contributed by atoms with E-state index in [2.05, 4.69) is 0 Å². The van der Waals surface area contributed by atoms with Gasteiger partial charge in [0.15, 0.2) is 6.29 Å². The fraction of sp³-hybridized carbons (Fsp3) is 0.394. The van der Waals surface area contributed by atoms with Crippen LogP contribution < -0.4 is 0 Å². The maximum Gasteiger partial charge on any atom is 0.326 e. The lowest BCUT2D eigenvalue weighted by atomic mass is 10.1. The van der Waals surface area contributed by atoms with Crippen LogP contribution in [0.3, 0.4) is 0 Å². The van der Waals surface area contributed by atoms with Crippen molar-refractivity contribution in [3.05, 3.63) is 108 Å². The van der Waals surface area contributed by atoms with Gasteiger partial charge in [0.2, 0.25) is 5.91 Å². The highest BCUT2D eigenvalue weighted by molar-refractivity contribution is 5.83. The molecular formula is C33H37NO8. The van der Waals surface area contributed by atoms with Crippen molar-refractivity contribution >= 4 is 11.9 Å². The van der Waals surface area contributed by atoms with E-state index in [1.54, 1.807) is 0 Å². The molecule has 2 fully saturated rings. The molecule has 9 nitrogen and oxygen atoms in total. The second-order valence-electron chi connectivity index (χ2n) is 10.6. The summed E-state index contributed by atoms with van der Waals surface area (Å²) < 4.78 is 31.7. The predicted molar refractivity (Wildman–Crippen MR) is 153 cm³/mol. The third-order valence-corrected chi connectivity index (χ3v) is 7.51. The Morgan fingerprint density at radius 1 is 0.810 bits per heavy atom. The van der Waals surface area contributed by atoms with Crippen LogP contribution in [0.5, 0.6) is 0 Å². The van der Waals surface area contributed by atoms with Crippen LogP contribution in [-0.4, -0.2) is 71.8 Å². The summed E-state index contributed by atoms with van der Waals surface area (Å²) in [6, 6.07) is 28.6. The van der Waals surface area contributed by atoms with E-state index in [0.717, 1.165) is 16.7 Å². The van der Waals surface area contributed by atoms with Crippen LogP contribution in [0.2, 0.25) is 0 Å². The van der Waals surface area contributed by atoms with E-state index in [4.69, 9.17) is 23.7 Å². The van der Waals surface area contributed by atoms with E-state index in [1.807, 2.05) is 91.0 Å². The number of carbonyl (C=O) groups excluding carboxylic acids is 1. The van der Waals surface area contributed by atoms with Crippen LogP contribution in [0.15, 0.2) is 91.0 Å². The lowest BCUT2D eigenvalue weighted by Crippen LogP contribution is -2.41. The Bertz CT molecular complexity index is 1250. The van der Waals surface area contributed by atoms with Crippen LogP contribution in [-0.2, 0) is 53.1 Å². The van der Waals surface area contributed by atoms with Gasteiger partial charge < -0.3 is 33.7 Å². The molecule has 0 spiro atoms. The molecule has 0 unspecified atom stereocenters. The fourth-order valence-corrected chi connectivity index (χ4v) is 5.38. The molecule has 2 saturated heterocycles. The molecule has 1 N–H and O–H groups in total. The van der Waals surface area contributed by atoms with Crippen molar-refractivity contribution in [3.63, 3.8) is 0 Å². The Hall–Kier alpha value is -3.60. The molecule has 2 aliphatic heterocycles. The molecule has 9 heteroatoms. The van der Waals surface area contributed by atoms with Gasteiger partial charge in [0, 0.05) is 19.9 Å². The van der Waals surface area contributed by atoms with E-state index in [1.165, 1.54) is 11.8 Å². The van der Waals surface area contributed by atoms with Crippen molar-refractivity contribution in [1.29, 1.82) is 0 Å². The zero-order valence-electron chi connectivity index (χ0n) is 23.6. The maximum absolute atomic E-state index is 12.1. The van der Waals surface area contributed by atoms with Gasteiger partial charge in [-0.2, -0.15) is 0 Å². The number of carboxylic acid groups (broad SMARTS) is 1. The molecular weight excluding hydrogens is 538 g/mol. The fourth-order valence-electron chi connectivity index (χ4n) is 5.38. The zero-order valence-corrected chi connectivity index (χ0v) is 23.6. The van der Waals surface area contributed by atoms with Gasteiger partial charge in [-0.15, -0.1) is 0 Å². The monoisotopic (exact) mass is 575 g/mol. The molecule has 5 rings (SSSR count). The largest absolute Gasteiger partial charge is 0.480 e. The summed E-state index contributed by atoms with van der Waals surface area (Å²) in [5.41, 5.74) is 3.03. The van der Waals surface area contributed by atoms with Gasteiger partial charge >= 0.3 is 5.97 Å². The number of aliphatic carboxylic acids is 1. The van der Waals surface area contributed by atoms with Crippen LogP contribution in [0, 0.1) is 0 Å². The molecule has 6 atom stereocenters. The van der Waals surface area contributed by atoms with Crippen molar-refractivity contribution in [2.45, 2.75) is 69.9 Å². The number of nitrogens with zero attached hydrogens (tertiary/aromatic N) is 1.